The third-order valence-electron chi connectivity index (χ3n) is 6.11. The molecule has 3 aromatic rings. The third kappa shape index (κ3) is 6.54. The van der Waals surface area contributed by atoms with Crippen molar-refractivity contribution in [2.75, 3.05) is 13.7 Å². The normalized spacial score (nSPS) is 17.9. The minimum Gasteiger partial charge on any atom is -0.497 e. The van der Waals surface area contributed by atoms with E-state index in [2.05, 4.69) is 15.3 Å². The number of benzene rings is 2. The monoisotopic (exact) mass is 536 g/mol. The Morgan fingerprint density at radius 2 is 1.82 bits per heavy atom. The van der Waals surface area contributed by atoms with Crippen molar-refractivity contribution in [1.29, 1.82) is 0 Å². The van der Waals surface area contributed by atoms with Gasteiger partial charge in [0.05, 0.1) is 24.6 Å². The quantitative estimate of drug-likeness (QED) is 0.463. The molecule has 2 amide bonds. The van der Waals surface area contributed by atoms with Crippen molar-refractivity contribution in [3.63, 3.8) is 0 Å². The lowest BCUT2D eigenvalue weighted by Crippen LogP contribution is -2.51. The number of ether oxygens (including phenoxy) is 3. The molecule has 206 valence electrons. The predicted octanol–water partition coefficient (Wildman–Crippen LogP) is 3.65. The number of carbonyl (C=O) groups excluding carboxylic acids is 2. The number of carboxylic acid groups (broad SMARTS) is 1. The van der Waals surface area contributed by atoms with Crippen molar-refractivity contribution in [2.45, 2.75) is 57.9 Å². The summed E-state index contributed by atoms with van der Waals surface area (Å²) in [6.07, 6.45) is -1.40. The summed E-state index contributed by atoms with van der Waals surface area (Å²) < 4.78 is 16.8. The summed E-state index contributed by atoms with van der Waals surface area (Å²) in [7, 11) is 1.55. The van der Waals surface area contributed by atoms with E-state index in [-0.39, 0.29) is 18.8 Å². The van der Waals surface area contributed by atoms with Crippen LogP contribution in [0.15, 0.2) is 48.5 Å². The molecule has 1 aliphatic rings. The molecule has 0 aliphatic carbocycles. The number of aliphatic carboxylic acids is 1. The molecule has 2 aromatic carbocycles. The standard InChI is InChI=1S/C28H32N4O7/c1-16(29-27(36)39-28(2,3)4)25(33)32-15-19(14-22(32)26(34)35)38-24-20-13-18(37-5)11-12-21(20)30-23(31-24)17-9-7-6-8-10-17/h6-13,16,19,22H,14-15H2,1-5H3,(H,29,36)(H,34,35)/t16-,19+,22-/m0/s1. The van der Waals surface area contributed by atoms with Crippen LogP contribution in [0.1, 0.15) is 34.1 Å². The maximum absolute atomic E-state index is 13.2. The number of carbonyl (C=O) groups is 3. The summed E-state index contributed by atoms with van der Waals surface area (Å²) in [5.74, 6) is -0.450. The molecule has 2 N–H and O–H groups in total. The molecular formula is C28H32N4O7. The number of carboxylic acids is 1. The molecule has 0 unspecified atom stereocenters. The molecule has 2 heterocycles. The molecule has 0 radical (unpaired) electrons. The molecule has 11 heteroatoms. The molecule has 4 rings (SSSR count). The van der Waals surface area contributed by atoms with E-state index in [1.807, 2.05) is 30.3 Å². The molecule has 11 nitrogen and oxygen atoms in total. The van der Waals surface area contributed by atoms with E-state index in [0.717, 1.165) is 5.56 Å². The van der Waals surface area contributed by atoms with E-state index in [1.54, 1.807) is 46.1 Å². The maximum atomic E-state index is 13.2. The second kappa shape index (κ2) is 11.1. The Morgan fingerprint density at radius 3 is 2.46 bits per heavy atom. The lowest BCUT2D eigenvalue weighted by atomic mass is 10.1. The number of nitrogens with zero attached hydrogens (tertiary/aromatic N) is 3. The molecule has 0 saturated carbocycles. The zero-order chi connectivity index (χ0) is 28.3. The Balaban J connectivity index is 1.60. The maximum Gasteiger partial charge on any atom is 0.408 e. The molecular weight excluding hydrogens is 504 g/mol. The molecule has 0 spiro atoms. The second-order valence-corrected chi connectivity index (χ2v) is 10.3. The smallest absolute Gasteiger partial charge is 0.408 e. The summed E-state index contributed by atoms with van der Waals surface area (Å²) in [6.45, 7) is 6.59. The van der Waals surface area contributed by atoms with Gasteiger partial charge in [-0.25, -0.2) is 14.6 Å². The van der Waals surface area contributed by atoms with E-state index in [4.69, 9.17) is 14.2 Å². The third-order valence-corrected chi connectivity index (χ3v) is 6.11. The largest absolute Gasteiger partial charge is 0.497 e. The fraction of sp³-hybridized carbons (Fsp3) is 0.393. The van der Waals surface area contributed by atoms with E-state index in [9.17, 15) is 19.5 Å². The number of methoxy groups -OCH3 is 1. The van der Waals surface area contributed by atoms with Crippen LogP contribution in [-0.2, 0) is 14.3 Å². The number of amides is 2. The number of aromatic nitrogens is 2. The fourth-order valence-electron chi connectivity index (χ4n) is 4.33. The van der Waals surface area contributed by atoms with Gasteiger partial charge in [-0.2, -0.15) is 4.98 Å². The van der Waals surface area contributed by atoms with Crippen LogP contribution in [0.25, 0.3) is 22.3 Å². The van der Waals surface area contributed by atoms with Gasteiger partial charge in [0.2, 0.25) is 11.8 Å². The number of hydrogen-bond acceptors (Lipinski definition) is 8. The first-order chi connectivity index (χ1) is 18.4. The van der Waals surface area contributed by atoms with Crippen LogP contribution >= 0.6 is 0 Å². The van der Waals surface area contributed by atoms with Gasteiger partial charge in [0.25, 0.3) is 0 Å². The van der Waals surface area contributed by atoms with Gasteiger partial charge in [0, 0.05) is 12.0 Å². The number of rotatable bonds is 7. The summed E-state index contributed by atoms with van der Waals surface area (Å²) in [5.41, 5.74) is 0.661. The lowest BCUT2D eigenvalue weighted by molar-refractivity contribution is -0.148. The van der Waals surface area contributed by atoms with Crippen LogP contribution in [0, 0.1) is 0 Å². The van der Waals surface area contributed by atoms with Crippen molar-refractivity contribution >= 4 is 28.9 Å². The molecule has 1 fully saturated rings. The van der Waals surface area contributed by atoms with Gasteiger partial charge in [0.1, 0.15) is 29.5 Å². The Morgan fingerprint density at radius 1 is 1.10 bits per heavy atom. The highest BCUT2D eigenvalue weighted by molar-refractivity contribution is 5.90. The second-order valence-electron chi connectivity index (χ2n) is 10.3. The summed E-state index contributed by atoms with van der Waals surface area (Å²) in [4.78, 5) is 47.9. The van der Waals surface area contributed by atoms with Gasteiger partial charge < -0.3 is 29.5 Å². The van der Waals surface area contributed by atoms with E-state index in [1.165, 1.54) is 11.8 Å². The first kappa shape index (κ1) is 27.6. The first-order valence-electron chi connectivity index (χ1n) is 12.6. The van der Waals surface area contributed by atoms with Crippen molar-refractivity contribution in [1.82, 2.24) is 20.2 Å². The van der Waals surface area contributed by atoms with Gasteiger partial charge in [0.15, 0.2) is 5.82 Å². The molecule has 0 bridgehead atoms. The zero-order valence-electron chi connectivity index (χ0n) is 22.5. The van der Waals surface area contributed by atoms with Crippen molar-refractivity contribution in [3.8, 4) is 23.0 Å². The van der Waals surface area contributed by atoms with E-state index >= 15 is 0 Å². The Bertz CT molecular complexity index is 1370. The topological polar surface area (TPSA) is 140 Å². The Labute approximate surface area is 226 Å². The van der Waals surface area contributed by atoms with Crippen molar-refractivity contribution in [2.24, 2.45) is 0 Å². The number of alkyl carbamates (subject to hydrolysis) is 1. The van der Waals surface area contributed by atoms with Crippen LogP contribution in [0.3, 0.4) is 0 Å². The Kier molecular flexibility index (Phi) is 7.89. The van der Waals surface area contributed by atoms with Crippen LogP contribution in [0.2, 0.25) is 0 Å². The molecule has 1 saturated heterocycles. The average molecular weight is 537 g/mol. The first-order valence-corrected chi connectivity index (χ1v) is 12.6. The van der Waals surface area contributed by atoms with Crippen LogP contribution in [0.5, 0.6) is 11.6 Å². The van der Waals surface area contributed by atoms with Crippen LogP contribution in [-0.4, -0.2) is 75.4 Å². The highest BCUT2D eigenvalue weighted by Gasteiger charge is 2.43. The molecule has 1 aliphatic heterocycles. The van der Waals surface area contributed by atoms with Gasteiger partial charge in [-0.15, -0.1) is 0 Å². The molecule has 3 atom stereocenters. The number of hydrogen-bond donors (Lipinski definition) is 2. The average Bonchev–Trinajstić information content (AvgIpc) is 3.31. The van der Waals surface area contributed by atoms with Crippen LogP contribution < -0.4 is 14.8 Å². The summed E-state index contributed by atoms with van der Waals surface area (Å²) in [6, 6.07) is 12.6. The minimum absolute atomic E-state index is 0.00767. The summed E-state index contributed by atoms with van der Waals surface area (Å²) >= 11 is 0. The van der Waals surface area contributed by atoms with Gasteiger partial charge in [-0.05, 0) is 45.9 Å². The highest BCUT2D eigenvalue weighted by atomic mass is 16.6. The number of likely N-dealkylation sites (tertiary alicyclic amines) is 1. The lowest BCUT2D eigenvalue weighted by Gasteiger charge is -2.26. The SMILES string of the molecule is COc1ccc2nc(-c3ccccc3)nc(O[C@@H]3C[C@@H](C(=O)O)N(C(=O)[C@H](C)NC(=O)OC(C)(C)C)C3)c2c1. The van der Waals surface area contributed by atoms with Gasteiger partial charge >= 0.3 is 12.1 Å². The Hall–Kier alpha value is -4.41. The molecule has 1 aromatic heterocycles. The molecule has 39 heavy (non-hydrogen) atoms. The zero-order valence-corrected chi connectivity index (χ0v) is 22.5. The van der Waals surface area contributed by atoms with Crippen LogP contribution in [0.4, 0.5) is 4.79 Å². The summed E-state index contributed by atoms with van der Waals surface area (Å²) in [5, 5.41) is 12.9. The van der Waals surface area contributed by atoms with Gasteiger partial charge in [-0.3, -0.25) is 4.79 Å². The number of fused-ring (bicyclic) bond motifs is 1. The van der Waals surface area contributed by atoms with Crippen molar-refractivity contribution in [3.05, 3.63) is 48.5 Å². The van der Waals surface area contributed by atoms with E-state index < -0.39 is 41.8 Å². The van der Waals surface area contributed by atoms with Crippen molar-refractivity contribution < 1.29 is 33.7 Å². The van der Waals surface area contributed by atoms with Gasteiger partial charge in [-0.1, -0.05) is 30.3 Å². The highest BCUT2D eigenvalue weighted by Crippen LogP contribution is 2.32. The fourth-order valence-corrected chi connectivity index (χ4v) is 4.33. The predicted molar refractivity (Wildman–Crippen MR) is 143 cm³/mol. The van der Waals surface area contributed by atoms with E-state index in [0.29, 0.717) is 22.5 Å². The number of nitrogens with one attached hydrogen (secondary N) is 1. The minimum atomic E-state index is -1.17.